The highest BCUT2D eigenvalue weighted by atomic mass is 19.1. The molecule has 1 aromatic heterocycles. The summed E-state index contributed by atoms with van der Waals surface area (Å²) in [5.41, 5.74) is 1.97. The Morgan fingerprint density at radius 2 is 2.11 bits per heavy atom. The number of likely N-dealkylation sites (N-methyl/N-ethyl adjacent to an activating group) is 1. The molecule has 1 atom stereocenters. The van der Waals surface area contributed by atoms with Gasteiger partial charge < -0.3 is 5.32 Å². The molecular formula is C15H17FN2. The Kier molecular flexibility index (Phi) is 4.42. The minimum Gasteiger partial charge on any atom is -0.310 e. The third-order valence-corrected chi connectivity index (χ3v) is 2.84. The van der Waals surface area contributed by atoms with Gasteiger partial charge in [-0.15, -0.1) is 0 Å². The maximum absolute atomic E-state index is 13.3. The molecule has 1 unspecified atom stereocenters. The van der Waals surface area contributed by atoms with E-state index < -0.39 is 0 Å². The van der Waals surface area contributed by atoms with Crippen LogP contribution in [0.3, 0.4) is 0 Å². The molecule has 0 aliphatic heterocycles. The van der Waals surface area contributed by atoms with Gasteiger partial charge in [-0.3, -0.25) is 4.98 Å². The summed E-state index contributed by atoms with van der Waals surface area (Å²) in [7, 11) is 0. The van der Waals surface area contributed by atoms with Crippen molar-refractivity contribution in [2.24, 2.45) is 0 Å². The van der Waals surface area contributed by atoms with Gasteiger partial charge in [0.2, 0.25) is 0 Å². The van der Waals surface area contributed by atoms with Crippen molar-refractivity contribution >= 4 is 0 Å². The topological polar surface area (TPSA) is 24.9 Å². The molecule has 0 fully saturated rings. The number of hydrogen-bond donors (Lipinski definition) is 1. The average molecular weight is 244 g/mol. The van der Waals surface area contributed by atoms with Crippen LogP contribution in [0.1, 0.15) is 24.2 Å². The first-order valence-electron chi connectivity index (χ1n) is 6.18. The molecule has 2 nitrogen and oxygen atoms in total. The zero-order valence-corrected chi connectivity index (χ0v) is 10.4. The first-order chi connectivity index (χ1) is 8.79. The minimum absolute atomic E-state index is 0.0978. The van der Waals surface area contributed by atoms with Crippen molar-refractivity contribution in [3.8, 4) is 0 Å². The zero-order chi connectivity index (χ0) is 12.8. The molecule has 0 aliphatic rings. The van der Waals surface area contributed by atoms with Gasteiger partial charge in [0.1, 0.15) is 5.82 Å². The number of hydrogen-bond acceptors (Lipinski definition) is 2. The van der Waals surface area contributed by atoms with Gasteiger partial charge in [0.25, 0.3) is 0 Å². The molecule has 0 spiro atoms. The predicted molar refractivity (Wildman–Crippen MR) is 70.8 cm³/mol. The molecule has 1 aromatic carbocycles. The van der Waals surface area contributed by atoms with E-state index in [4.69, 9.17) is 0 Å². The van der Waals surface area contributed by atoms with Crippen LogP contribution >= 0.6 is 0 Å². The molecule has 1 heterocycles. The van der Waals surface area contributed by atoms with E-state index in [2.05, 4.69) is 10.3 Å². The molecule has 0 bridgehead atoms. The van der Waals surface area contributed by atoms with Gasteiger partial charge in [-0.1, -0.05) is 25.1 Å². The van der Waals surface area contributed by atoms with E-state index >= 15 is 0 Å². The van der Waals surface area contributed by atoms with Crippen LogP contribution in [-0.4, -0.2) is 11.5 Å². The van der Waals surface area contributed by atoms with Crippen LogP contribution in [0.4, 0.5) is 4.39 Å². The van der Waals surface area contributed by atoms with Crippen molar-refractivity contribution < 1.29 is 4.39 Å². The third kappa shape index (κ3) is 3.37. The van der Waals surface area contributed by atoms with Crippen molar-refractivity contribution in [3.05, 3.63) is 65.7 Å². The van der Waals surface area contributed by atoms with Crippen molar-refractivity contribution in [3.63, 3.8) is 0 Å². The van der Waals surface area contributed by atoms with Crippen molar-refractivity contribution in [2.45, 2.75) is 19.4 Å². The van der Waals surface area contributed by atoms with Crippen LogP contribution in [0.15, 0.2) is 48.7 Å². The van der Waals surface area contributed by atoms with Crippen LogP contribution in [0.5, 0.6) is 0 Å². The first kappa shape index (κ1) is 12.7. The summed E-state index contributed by atoms with van der Waals surface area (Å²) < 4.78 is 13.3. The molecule has 0 saturated heterocycles. The van der Waals surface area contributed by atoms with E-state index in [-0.39, 0.29) is 11.9 Å². The number of halogens is 1. The molecule has 94 valence electrons. The Morgan fingerprint density at radius 3 is 2.78 bits per heavy atom. The largest absolute Gasteiger partial charge is 0.310 e. The summed E-state index contributed by atoms with van der Waals surface area (Å²) in [6, 6.07) is 12.7. The highest BCUT2D eigenvalue weighted by molar-refractivity contribution is 5.22. The molecule has 0 aliphatic carbocycles. The molecule has 0 amide bonds. The fourth-order valence-corrected chi connectivity index (χ4v) is 2.01. The van der Waals surface area contributed by atoms with Gasteiger partial charge >= 0.3 is 0 Å². The van der Waals surface area contributed by atoms with Gasteiger partial charge in [0, 0.05) is 24.4 Å². The van der Waals surface area contributed by atoms with E-state index in [1.807, 2.05) is 31.2 Å². The second-order valence-electron chi connectivity index (χ2n) is 4.19. The molecule has 0 saturated carbocycles. The Balaban J connectivity index is 2.18. The molecule has 0 radical (unpaired) electrons. The van der Waals surface area contributed by atoms with Crippen molar-refractivity contribution in [2.75, 3.05) is 6.54 Å². The molecular weight excluding hydrogens is 227 g/mol. The average Bonchev–Trinajstić information content (AvgIpc) is 2.39. The van der Waals surface area contributed by atoms with Crippen LogP contribution in [0.2, 0.25) is 0 Å². The zero-order valence-electron chi connectivity index (χ0n) is 10.4. The number of nitrogens with zero attached hydrogens (tertiary/aromatic N) is 1. The summed E-state index contributed by atoms with van der Waals surface area (Å²) >= 11 is 0. The Hall–Kier alpha value is -1.74. The molecule has 1 N–H and O–H groups in total. The lowest BCUT2D eigenvalue weighted by atomic mass is 10.0. The lowest BCUT2D eigenvalue weighted by molar-refractivity contribution is 0.537. The number of rotatable bonds is 5. The first-order valence-corrected chi connectivity index (χ1v) is 6.18. The van der Waals surface area contributed by atoms with E-state index in [1.165, 1.54) is 6.07 Å². The fraction of sp³-hybridized carbons (Fsp3) is 0.267. The number of pyridine rings is 1. The van der Waals surface area contributed by atoms with Gasteiger partial charge in [0.05, 0.1) is 0 Å². The van der Waals surface area contributed by atoms with Gasteiger partial charge in [0.15, 0.2) is 0 Å². The van der Waals surface area contributed by atoms with Crippen LogP contribution in [-0.2, 0) is 6.42 Å². The lowest BCUT2D eigenvalue weighted by Crippen LogP contribution is -2.23. The third-order valence-electron chi connectivity index (χ3n) is 2.84. The quantitative estimate of drug-likeness (QED) is 0.874. The van der Waals surface area contributed by atoms with Gasteiger partial charge in [-0.25, -0.2) is 4.39 Å². The highest BCUT2D eigenvalue weighted by Crippen LogP contribution is 2.18. The predicted octanol–water partition coefficient (Wildman–Crippen LogP) is 3.11. The maximum atomic E-state index is 13.3. The van der Waals surface area contributed by atoms with Crippen molar-refractivity contribution in [1.82, 2.24) is 10.3 Å². The minimum atomic E-state index is -0.198. The molecule has 3 heteroatoms. The van der Waals surface area contributed by atoms with Crippen molar-refractivity contribution in [1.29, 1.82) is 0 Å². The SMILES string of the molecule is CCNC(Cc1ccccn1)c1cccc(F)c1. The summed E-state index contributed by atoms with van der Waals surface area (Å²) in [5.74, 6) is -0.198. The molecule has 2 rings (SSSR count). The van der Waals surface area contributed by atoms with Crippen LogP contribution in [0.25, 0.3) is 0 Å². The maximum Gasteiger partial charge on any atom is 0.123 e. The monoisotopic (exact) mass is 244 g/mol. The number of aromatic nitrogens is 1. The Labute approximate surface area is 107 Å². The van der Waals surface area contributed by atoms with E-state index in [0.717, 1.165) is 24.2 Å². The van der Waals surface area contributed by atoms with Gasteiger partial charge in [-0.2, -0.15) is 0 Å². The van der Waals surface area contributed by atoms with Crippen LogP contribution in [0, 0.1) is 5.82 Å². The standard InChI is InChI=1S/C15H17FN2/c1-2-17-15(11-14-8-3-4-9-18-14)12-6-5-7-13(16)10-12/h3-10,15,17H,2,11H2,1H3. The fourth-order valence-electron chi connectivity index (χ4n) is 2.01. The van der Waals surface area contributed by atoms with E-state index in [9.17, 15) is 4.39 Å². The summed E-state index contributed by atoms with van der Waals surface area (Å²) in [4.78, 5) is 4.31. The Bertz CT molecular complexity index is 485. The highest BCUT2D eigenvalue weighted by Gasteiger charge is 2.12. The van der Waals surface area contributed by atoms with E-state index in [1.54, 1.807) is 18.3 Å². The second kappa shape index (κ2) is 6.26. The van der Waals surface area contributed by atoms with E-state index in [0.29, 0.717) is 0 Å². The number of nitrogens with one attached hydrogen (secondary N) is 1. The summed E-state index contributed by atoms with van der Waals surface area (Å²) in [6.07, 6.45) is 2.54. The van der Waals surface area contributed by atoms with Gasteiger partial charge in [-0.05, 0) is 36.4 Å². The molecule has 2 aromatic rings. The van der Waals surface area contributed by atoms with Crippen LogP contribution < -0.4 is 5.32 Å². The Morgan fingerprint density at radius 1 is 1.22 bits per heavy atom. The molecule has 18 heavy (non-hydrogen) atoms. The normalized spacial score (nSPS) is 12.3. The summed E-state index contributed by atoms with van der Waals surface area (Å²) in [5, 5.41) is 3.37. The smallest absolute Gasteiger partial charge is 0.123 e. The lowest BCUT2D eigenvalue weighted by Gasteiger charge is -2.18. The number of benzene rings is 1. The summed E-state index contributed by atoms with van der Waals surface area (Å²) in [6.45, 7) is 2.89. The second-order valence-corrected chi connectivity index (χ2v) is 4.19.